The summed E-state index contributed by atoms with van der Waals surface area (Å²) in [6, 6.07) is 17.6. The third-order valence-corrected chi connectivity index (χ3v) is 4.69. The predicted molar refractivity (Wildman–Crippen MR) is 95.8 cm³/mol. The molecule has 0 bridgehead atoms. The highest BCUT2D eigenvalue weighted by Gasteiger charge is 2.16. The molecule has 1 unspecified atom stereocenters. The summed E-state index contributed by atoms with van der Waals surface area (Å²) < 4.78 is 6.09. The maximum Gasteiger partial charge on any atom is 0.120 e. The highest BCUT2D eigenvalue weighted by atomic mass is 16.5. The fourth-order valence-corrected chi connectivity index (χ4v) is 3.17. The Hall–Kier alpha value is -1.80. The molecule has 23 heavy (non-hydrogen) atoms. The van der Waals surface area contributed by atoms with E-state index in [0.29, 0.717) is 12.1 Å². The Morgan fingerprint density at radius 2 is 1.83 bits per heavy atom. The van der Waals surface area contributed by atoms with Crippen molar-refractivity contribution in [3.05, 3.63) is 65.2 Å². The van der Waals surface area contributed by atoms with Crippen molar-refractivity contribution in [1.82, 2.24) is 5.32 Å². The fraction of sp³-hybridized carbons (Fsp3) is 0.429. The molecule has 2 nitrogen and oxygen atoms in total. The lowest BCUT2D eigenvalue weighted by Crippen LogP contribution is -2.18. The van der Waals surface area contributed by atoms with Crippen LogP contribution in [-0.4, -0.2) is 6.10 Å². The molecule has 3 rings (SSSR count). The molecule has 1 atom stereocenters. The van der Waals surface area contributed by atoms with Gasteiger partial charge in [0.05, 0.1) is 6.10 Å². The number of aryl methyl sites for hydroxylation is 1. The summed E-state index contributed by atoms with van der Waals surface area (Å²) in [6.07, 6.45) is 5.43. The van der Waals surface area contributed by atoms with Crippen LogP contribution in [0.25, 0.3) is 0 Å². The molecule has 0 spiro atoms. The van der Waals surface area contributed by atoms with Crippen LogP contribution < -0.4 is 10.1 Å². The summed E-state index contributed by atoms with van der Waals surface area (Å²) in [6.45, 7) is 5.19. The number of hydrogen-bond acceptors (Lipinski definition) is 2. The smallest absolute Gasteiger partial charge is 0.120 e. The Morgan fingerprint density at radius 1 is 1.09 bits per heavy atom. The van der Waals surface area contributed by atoms with Crippen molar-refractivity contribution in [2.45, 2.75) is 58.2 Å². The van der Waals surface area contributed by atoms with E-state index in [1.165, 1.54) is 42.4 Å². The minimum absolute atomic E-state index is 0.343. The van der Waals surface area contributed by atoms with Crippen molar-refractivity contribution >= 4 is 0 Å². The van der Waals surface area contributed by atoms with Gasteiger partial charge in [0, 0.05) is 12.6 Å². The van der Waals surface area contributed by atoms with E-state index in [2.05, 4.69) is 67.7 Å². The van der Waals surface area contributed by atoms with Crippen molar-refractivity contribution in [2.24, 2.45) is 0 Å². The Kier molecular flexibility index (Phi) is 5.35. The van der Waals surface area contributed by atoms with Crippen LogP contribution in [0.2, 0.25) is 0 Å². The van der Waals surface area contributed by atoms with Crippen molar-refractivity contribution in [3.63, 3.8) is 0 Å². The lowest BCUT2D eigenvalue weighted by molar-refractivity contribution is 0.210. The zero-order chi connectivity index (χ0) is 16.1. The highest BCUT2D eigenvalue weighted by Crippen LogP contribution is 2.24. The summed E-state index contributed by atoms with van der Waals surface area (Å²) in [5.41, 5.74) is 3.91. The molecule has 2 aromatic carbocycles. The fourth-order valence-electron chi connectivity index (χ4n) is 3.17. The second-order valence-corrected chi connectivity index (χ2v) is 6.68. The van der Waals surface area contributed by atoms with Gasteiger partial charge in [-0.05, 0) is 62.8 Å². The first-order valence-corrected chi connectivity index (χ1v) is 8.76. The van der Waals surface area contributed by atoms with Gasteiger partial charge >= 0.3 is 0 Å². The van der Waals surface area contributed by atoms with Gasteiger partial charge in [-0.15, -0.1) is 0 Å². The molecule has 2 aromatic rings. The van der Waals surface area contributed by atoms with E-state index >= 15 is 0 Å². The van der Waals surface area contributed by atoms with Gasteiger partial charge < -0.3 is 10.1 Å². The molecule has 1 aliphatic carbocycles. The average molecular weight is 309 g/mol. The largest absolute Gasteiger partial charge is 0.490 e. The van der Waals surface area contributed by atoms with Crippen LogP contribution in [-0.2, 0) is 6.54 Å². The Labute approximate surface area is 139 Å². The van der Waals surface area contributed by atoms with E-state index in [4.69, 9.17) is 4.74 Å². The van der Waals surface area contributed by atoms with Crippen LogP contribution in [0.4, 0.5) is 0 Å². The van der Waals surface area contributed by atoms with Gasteiger partial charge in [0.15, 0.2) is 0 Å². The second kappa shape index (κ2) is 7.65. The number of ether oxygens (including phenoxy) is 1. The Bertz CT molecular complexity index is 614. The summed E-state index contributed by atoms with van der Waals surface area (Å²) in [5.74, 6) is 1.01. The minimum atomic E-state index is 0.343. The number of benzene rings is 2. The summed E-state index contributed by atoms with van der Waals surface area (Å²) in [4.78, 5) is 0. The van der Waals surface area contributed by atoms with E-state index in [1.807, 2.05) is 0 Å². The van der Waals surface area contributed by atoms with Gasteiger partial charge in [0.25, 0.3) is 0 Å². The first kappa shape index (κ1) is 16.1. The molecule has 1 fully saturated rings. The van der Waals surface area contributed by atoms with Gasteiger partial charge in [-0.2, -0.15) is 0 Å². The lowest BCUT2D eigenvalue weighted by atomic mass is 10.1. The number of nitrogens with one attached hydrogen (secondary N) is 1. The molecule has 122 valence electrons. The topological polar surface area (TPSA) is 21.3 Å². The monoisotopic (exact) mass is 309 g/mol. The van der Waals surface area contributed by atoms with E-state index in [0.717, 1.165) is 12.3 Å². The maximum atomic E-state index is 6.09. The third-order valence-electron chi connectivity index (χ3n) is 4.69. The molecule has 0 amide bonds. The quantitative estimate of drug-likeness (QED) is 0.795. The summed E-state index contributed by atoms with van der Waals surface area (Å²) in [5, 5.41) is 3.60. The standard InChI is InChI=1S/C21H27NO/c1-16-10-12-19(13-11-16)17(2)22-15-18-6-5-9-21(14-18)23-20-7-3-4-8-20/h5-6,9-14,17,20,22H,3-4,7-8,15H2,1-2H3. The molecule has 0 saturated heterocycles. The van der Waals surface area contributed by atoms with Crippen molar-refractivity contribution in [3.8, 4) is 5.75 Å². The molecule has 2 heteroatoms. The SMILES string of the molecule is Cc1ccc(C(C)NCc2cccc(OC3CCCC3)c2)cc1. The number of rotatable bonds is 6. The van der Waals surface area contributed by atoms with E-state index in [-0.39, 0.29) is 0 Å². The Morgan fingerprint density at radius 3 is 2.57 bits per heavy atom. The molecular weight excluding hydrogens is 282 g/mol. The van der Waals surface area contributed by atoms with Crippen LogP contribution in [0.3, 0.4) is 0 Å². The first-order chi connectivity index (χ1) is 11.2. The maximum absolute atomic E-state index is 6.09. The van der Waals surface area contributed by atoms with Gasteiger partial charge in [-0.25, -0.2) is 0 Å². The average Bonchev–Trinajstić information content (AvgIpc) is 3.07. The molecular formula is C21H27NO. The zero-order valence-corrected chi connectivity index (χ0v) is 14.2. The molecule has 0 heterocycles. The van der Waals surface area contributed by atoms with Crippen LogP contribution in [0.15, 0.2) is 48.5 Å². The van der Waals surface area contributed by atoms with Crippen LogP contribution >= 0.6 is 0 Å². The van der Waals surface area contributed by atoms with Crippen molar-refractivity contribution in [1.29, 1.82) is 0 Å². The third kappa shape index (κ3) is 4.59. The second-order valence-electron chi connectivity index (χ2n) is 6.68. The normalized spacial score (nSPS) is 16.4. The van der Waals surface area contributed by atoms with Gasteiger partial charge in [-0.1, -0.05) is 42.0 Å². The van der Waals surface area contributed by atoms with Crippen molar-refractivity contribution < 1.29 is 4.74 Å². The van der Waals surface area contributed by atoms with E-state index < -0.39 is 0 Å². The predicted octanol–water partition coefficient (Wildman–Crippen LogP) is 5.17. The summed E-state index contributed by atoms with van der Waals surface area (Å²) >= 11 is 0. The molecule has 0 aliphatic heterocycles. The molecule has 0 radical (unpaired) electrons. The van der Waals surface area contributed by atoms with E-state index in [9.17, 15) is 0 Å². The minimum Gasteiger partial charge on any atom is -0.490 e. The molecule has 1 N–H and O–H groups in total. The molecule has 1 aliphatic rings. The van der Waals surface area contributed by atoms with Crippen LogP contribution in [0.5, 0.6) is 5.75 Å². The van der Waals surface area contributed by atoms with Crippen LogP contribution in [0.1, 0.15) is 55.3 Å². The zero-order valence-electron chi connectivity index (χ0n) is 14.2. The summed E-state index contributed by atoms with van der Waals surface area (Å²) in [7, 11) is 0. The Balaban J connectivity index is 1.56. The van der Waals surface area contributed by atoms with Gasteiger partial charge in [0.2, 0.25) is 0 Å². The first-order valence-electron chi connectivity index (χ1n) is 8.76. The number of hydrogen-bond donors (Lipinski definition) is 1. The molecule has 1 saturated carbocycles. The van der Waals surface area contributed by atoms with E-state index in [1.54, 1.807) is 0 Å². The van der Waals surface area contributed by atoms with Gasteiger partial charge in [0.1, 0.15) is 5.75 Å². The van der Waals surface area contributed by atoms with Crippen LogP contribution in [0, 0.1) is 6.92 Å². The van der Waals surface area contributed by atoms with Crippen molar-refractivity contribution in [2.75, 3.05) is 0 Å². The van der Waals surface area contributed by atoms with Gasteiger partial charge in [-0.3, -0.25) is 0 Å². The highest BCUT2D eigenvalue weighted by molar-refractivity contribution is 5.29. The molecule has 0 aromatic heterocycles. The lowest BCUT2D eigenvalue weighted by Gasteiger charge is -2.16.